The molecule has 0 saturated carbocycles. The summed E-state index contributed by atoms with van der Waals surface area (Å²) in [6, 6.07) is 0. The number of esters is 1. The molecule has 2 aliphatic rings. The van der Waals surface area contributed by atoms with Crippen LogP contribution in [0.4, 0.5) is 0 Å². The number of ether oxygens (including phenoxy) is 3. The van der Waals surface area contributed by atoms with Crippen molar-refractivity contribution in [1.82, 2.24) is 0 Å². The highest BCUT2D eigenvalue weighted by Gasteiger charge is 2.55. The third kappa shape index (κ3) is 3.49. The molecule has 0 bridgehead atoms. The van der Waals surface area contributed by atoms with Gasteiger partial charge in [0.25, 0.3) is 0 Å². The van der Waals surface area contributed by atoms with Crippen LogP contribution in [-0.2, 0) is 23.8 Å². The van der Waals surface area contributed by atoms with E-state index in [1.807, 2.05) is 13.8 Å². The summed E-state index contributed by atoms with van der Waals surface area (Å²) in [5, 5.41) is 11.2. The molecule has 1 aliphatic heterocycles. The molecule has 1 unspecified atom stereocenters. The monoisotopic (exact) mass is 326 g/mol. The predicted molar refractivity (Wildman–Crippen MR) is 82.6 cm³/mol. The van der Waals surface area contributed by atoms with E-state index in [4.69, 9.17) is 14.2 Å². The summed E-state index contributed by atoms with van der Waals surface area (Å²) in [6.07, 6.45) is 1.76. The molecular weight excluding hydrogens is 300 g/mol. The van der Waals surface area contributed by atoms with Crippen LogP contribution in [0.2, 0.25) is 0 Å². The molecule has 0 aromatic heterocycles. The molecule has 1 spiro atoms. The van der Waals surface area contributed by atoms with Crippen LogP contribution in [0.25, 0.3) is 0 Å². The minimum absolute atomic E-state index is 0.128. The normalized spacial score (nSPS) is 28.5. The Hall–Kier alpha value is -1.24. The number of rotatable bonds is 5. The summed E-state index contributed by atoms with van der Waals surface area (Å²) in [6.45, 7) is 8.49. The van der Waals surface area contributed by atoms with Crippen molar-refractivity contribution in [2.24, 2.45) is 5.41 Å². The molecule has 23 heavy (non-hydrogen) atoms. The summed E-state index contributed by atoms with van der Waals surface area (Å²) < 4.78 is 16.2. The van der Waals surface area contributed by atoms with E-state index in [0.29, 0.717) is 25.2 Å². The molecule has 6 nitrogen and oxygen atoms in total. The van der Waals surface area contributed by atoms with E-state index in [0.717, 1.165) is 0 Å². The highest BCUT2D eigenvalue weighted by Crippen LogP contribution is 2.51. The third-order valence-corrected chi connectivity index (χ3v) is 4.77. The molecule has 2 rings (SSSR count). The molecule has 1 atom stereocenters. The maximum atomic E-state index is 12.2. The van der Waals surface area contributed by atoms with Gasteiger partial charge in [-0.3, -0.25) is 9.59 Å². The Bertz CT molecular complexity index is 515. The van der Waals surface area contributed by atoms with Gasteiger partial charge >= 0.3 is 5.97 Å². The average Bonchev–Trinajstić information content (AvgIpc) is 2.84. The summed E-state index contributed by atoms with van der Waals surface area (Å²) in [5.74, 6) is -1.71. The minimum Gasteiger partial charge on any atom is -0.466 e. The van der Waals surface area contributed by atoms with Crippen molar-refractivity contribution in [3.63, 3.8) is 0 Å². The molecule has 1 aliphatic carbocycles. The van der Waals surface area contributed by atoms with Gasteiger partial charge in [0.05, 0.1) is 25.4 Å². The molecular formula is C17H26O6. The second-order valence-corrected chi connectivity index (χ2v) is 6.95. The van der Waals surface area contributed by atoms with E-state index in [1.54, 1.807) is 19.9 Å². The van der Waals surface area contributed by atoms with Crippen LogP contribution in [0.3, 0.4) is 0 Å². The van der Waals surface area contributed by atoms with Gasteiger partial charge in [-0.05, 0) is 25.5 Å². The van der Waals surface area contributed by atoms with Crippen molar-refractivity contribution in [1.29, 1.82) is 0 Å². The van der Waals surface area contributed by atoms with E-state index in [2.05, 4.69) is 0 Å². The predicted octanol–water partition coefficient (Wildman–Crippen LogP) is 1.75. The number of ketones is 1. The molecule has 0 amide bonds. The van der Waals surface area contributed by atoms with E-state index in [1.165, 1.54) is 0 Å². The first kappa shape index (κ1) is 18.1. The molecule has 130 valence electrons. The van der Waals surface area contributed by atoms with E-state index in [-0.39, 0.29) is 25.2 Å². The quantitative estimate of drug-likeness (QED) is 0.471. The summed E-state index contributed by atoms with van der Waals surface area (Å²) in [7, 11) is 0. The SMILES string of the molecule is CCOC(=O)CC(=O)CC1(O)C(C)=CC2(CC1(C)C)OCCO2. The number of aliphatic hydroxyl groups is 1. The highest BCUT2D eigenvalue weighted by atomic mass is 16.7. The number of hydrogen-bond acceptors (Lipinski definition) is 6. The van der Waals surface area contributed by atoms with Crippen molar-refractivity contribution in [2.75, 3.05) is 19.8 Å². The Balaban J connectivity index is 2.18. The van der Waals surface area contributed by atoms with Crippen molar-refractivity contribution < 1.29 is 28.9 Å². The van der Waals surface area contributed by atoms with Crippen molar-refractivity contribution in [3.8, 4) is 0 Å². The number of Topliss-reactive ketones (excluding diaryl/α,β-unsaturated/α-hetero) is 1. The lowest BCUT2D eigenvalue weighted by molar-refractivity contribution is -0.183. The summed E-state index contributed by atoms with van der Waals surface area (Å²) >= 11 is 0. The third-order valence-electron chi connectivity index (χ3n) is 4.77. The van der Waals surface area contributed by atoms with Crippen LogP contribution in [0.1, 0.15) is 47.0 Å². The Morgan fingerprint density at radius 1 is 1.30 bits per heavy atom. The summed E-state index contributed by atoms with van der Waals surface area (Å²) in [4.78, 5) is 23.7. The average molecular weight is 326 g/mol. The van der Waals surface area contributed by atoms with Crippen LogP contribution >= 0.6 is 0 Å². The maximum absolute atomic E-state index is 12.2. The first-order valence-electron chi connectivity index (χ1n) is 8.02. The fourth-order valence-electron chi connectivity index (χ4n) is 3.55. The molecule has 1 N–H and O–H groups in total. The molecule has 6 heteroatoms. The van der Waals surface area contributed by atoms with Crippen molar-refractivity contribution in [3.05, 3.63) is 11.6 Å². The van der Waals surface area contributed by atoms with Gasteiger partial charge in [0.1, 0.15) is 12.2 Å². The lowest BCUT2D eigenvalue weighted by atomic mass is 9.61. The lowest BCUT2D eigenvalue weighted by Crippen LogP contribution is -2.55. The smallest absolute Gasteiger partial charge is 0.313 e. The highest BCUT2D eigenvalue weighted by molar-refractivity contribution is 5.96. The Morgan fingerprint density at radius 2 is 1.91 bits per heavy atom. The molecule has 1 saturated heterocycles. The molecule has 0 radical (unpaired) electrons. The fraction of sp³-hybridized carbons (Fsp3) is 0.765. The topological polar surface area (TPSA) is 82.1 Å². The zero-order valence-corrected chi connectivity index (χ0v) is 14.3. The second kappa shape index (κ2) is 6.34. The summed E-state index contributed by atoms with van der Waals surface area (Å²) in [5.41, 5.74) is -1.34. The Labute approximate surface area is 136 Å². The van der Waals surface area contributed by atoms with Gasteiger partial charge < -0.3 is 19.3 Å². The minimum atomic E-state index is -1.34. The molecule has 0 aromatic rings. The van der Waals surface area contributed by atoms with Crippen LogP contribution in [0.5, 0.6) is 0 Å². The van der Waals surface area contributed by atoms with Crippen LogP contribution < -0.4 is 0 Å². The standard InChI is InChI=1S/C17H26O6/c1-5-21-14(19)8-13(18)10-17(20)12(2)9-16(11-15(17,3)4)22-6-7-23-16/h9,20H,5-8,10-11H2,1-4H3. The maximum Gasteiger partial charge on any atom is 0.313 e. The van der Waals surface area contributed by atoms with Gasteiger partial charge in [0.15, 0.2) is 5.79 Å². The second-order valence-electron chi connectivity index (χ2n) is 6.95. The fourth-order valence-corrected chi connectivity index (χ4v) is 3.55. The van der Waals surface area contributed by atoms with E-state index in [9.17, 15) is 14.7 Å². The van der Waals surface area contributed by atoms with Crippen molar-refractivity contribution >= 4 is 11.8 Å². The van der Waals surface area contributed by atoms with Crippen LogP contribution in [0.15, 0.2) is 11.6 Å². The molecule has 0 aromatic carbocycles. The van der Waals surface area contributed by atoms with Crippen LogP contribution in [0, 0.1) is 5.41 Å². The van der Waals surface area contributed by atoms with Gasteiger partial charge in [0.2, 0.25) is 0 Å². The Morgan fingerprint density at radius 3 is 2.43 bits per heavy atom. The number of carbonyl (C=O) groups is 2. The lowest BCUT2D eigenvalue weighted by Gasteiger charge is -2.50. The number of carbonyl (C=O) groups excluding carboxylic acids is 2. The van der Waals surface area contributed by atoms with Gasteiger partial charge in [0, 0.05) is 18.3 Å². The molecule has 1 fully saturated rings. The first-order valence-corrected chi connectivity index (χ1v) is 8.02. The van der Waals surface area contributed by atoms with E-state index < -0.39 is 22.8 Å². The zero-order valence-electron chi connectivity index (χ0n) is 14.3. The van der Waals surface area contributed by atoms with Gasteiger partial charge in [-0.25, -0.2) is 0 Å². The Kier molecular flexibility index (Phi) is 4.99. The van der Waals surface area contributed by atoms with Gasteiger partial charge in [-0.15, -0.1) is 0 Å². The van der Waals surface area contributed by atoms with Crippen LogP contribution in [-0.4, -0.2) is 48.1 Å². The van der Waals surface area contributed by atoms with Gasteiger partial charge in [-0.1, -0.05) is 13.8 Å². The van der Waals surface area contributed by atoms with E-state index >= 15 is 0 Å². The van der Waals surface area contributed by atoms with Gasteiger partial charge in [-0.2, -0.15) is 0 Å². The largest absolute Gasteiger partial charge is 0.466 e. The zero-order chi connectivity index (χ0) is 17.3. The molecule has 1 heterocycles. The number of hydrogen-bond donors (Lipinski definition) is 1. The van der Waals surface area contributed by atoms with Crippen molar-refractivity contribution in [2.45, 2.75) is 58.3 Å². The first-order chi connectivity index (χ1) is 10.6.